The second-order valence-electron chi connectivity index (χ2n) is 3.34. The van der Waals surface area contributed by atoms with Crippen LogP contribution in [0.3, 0.4) is 0 Å². The molecule has 0 aromatic heterocycles. The van der Waals surface area contributed by atoms with E-state index < -0.39 is 12.1 Å². The lowest BCUT2D eigenvalue weighted by Crippen LogP contribution is -2.38. The van der Waals surface area contributed by atoms with E-state index in [9.17, 15) is 4.79 Å². The number of hydrogen-bond acceptors (Lipinski definition) is 3. The van der Waals surface area contributed by atoms with Gasteiger partial charge < -0.3 is 15.5 Å². The van der Waals surface area contributed by atoms with Crippen molar-refractivity contribution in [2.45, 2.75) is 12.5 Å². The van der Waals surface area contributed by atoms with Crippen molar-refractivity contribution in [3.05, 3.63) is 35.4 Å². The lowest BCUT2D eigenvalue weighted by Gasteiger charge is -2.13. The second-order valence-corrected chi connectivity index (χ2v) is 3.34. The third-order valence-electron chi connectivity index (χ3n) is 2.11. The van der Waals surface area contributed by atoms with Gasteiger partial charge in [0.2, 0.25) is 0 Å². The lowest BCUT2D eigenvalue weighted by molar-refractivity contribution is 0.177. The van der Waals surface area contributed by atoms with Gasteiger partial charge in [-0.2, -0.15) is 5.26 Å². The van der Waals surface area contributed by atoms with E-state index in [0.29, 0.717) is 12.0 Å². The van der Waals surface area contributed by atoms with E-state index >= 15 is 0 Å². The zero-order valence-electron chi connectivity index (χ0n) is 8.55. The summed E-state index contributed by atoms with van der Waals surface area (Å²) in [5, 5.41) is 28.3. The van der Waals surface area contributed by atoms with Crippen molar-refractivity contribution in [3.63, 3.8) is 0 Å². The summed E-state index contributed by atoms with van der Waals surface area (Å²) in [5.74, 6) is 0. The minimum Gasteiger partial charge on any atom is -0.465 e. The smallest absolute Gasteiger partial charge is 0.404 e. The summed E-state index contributed by atoms with van der Waals surface area (Å²) in [4.78, 5) is 10.4. The van der Waals surface area contributed by atoms with Gasteiger partial charge in [0, 0.05) is 0 Å². The van der Waals surface area contributed by atoms with Gasteiger partial charge >= 0.3 is 6.09 Å². The number of hydrogen-bond donors (Lipinski definition) is 3. The highest BCUT2D eigenvalue weighted by Gasteiger charge is 2.10. The predicted octanol–water partition coefficient (Wildman–Crippen LogP) is 0.729. The van der Waals surface area contributed by atoms with E-state index in [-0.39, 0.29) is 6.61 Å². The molecule has 0 aliphatic heterocycles. The van der Waals surface area contributed by atoms with Crippen molar-refractivity contribution >= 4 is 6.09 Å². The average molecular weight is 220 g/mol. The number of benzene rings is 1. The first-order chi connectivity index (χ1) is 7.65. The van der Waals surface area contributed by atoms with Gasteiger partial charge in [0.15, 0.2) is 0 Å². The number of carbonyl (C=O) groups is 1. The van der Waals surface area contributed by atoms with Crippen molar-refractivity contribution < 1.29 is 15.0 Å². The fourth-order valence-electron chi connectivity index (χ4n) is 1.34. The number of rotatable bonds is 4. The Bertz CT molecular complexity index is 395. The molecule has 1 aromatic carbocycles. The van der Waals surface area contributed by atoms with Gasteiger partial charge in [0.25, 0.3) is 0 Å². The van der Waals surface area contributed by atoms with Crippen LogP contribution in [0.15, 0.2) is 24.3 Å². The number of carboxylic acid groups (broad SMARTS) is 1. The van der Waals surface area contributed by atoms with Gasteiger partial charge in [-0.15, -0.1) is 0 Å². The van der Waals surface area contributed by atoms with Crippen molar-refractivity contribution in [1.82, 2.24) is 5.32 Å². The number of aliphatic hydroxyl groups excluding tert-OH is 1. The predicted molar refractivity (Wildman–Crippen MR) is 56.9 cm³/mol. The van der Waals surface area contributed by atoms with Gasteiger partial charge in [-0.25, -0.2) is 4.79 Å². The molecule has 0 saturated carbocycles. The molecule has 16 heavy (non-hydrogen) atoms. The molecule has 5 nitrogen and oxygen atoms in total. The quantitative estimate of drug-likeness (QED) is 0.697. The molecule has 0 radical (unpaired) electrons. The fraction of sp³-hybridized carbons (Fsp3) is 0.273. The topological polar surface area (TPSA) is 93.4 Å². The highest BCUT2D eigenvalue weighted by molar-refractivity contribution is 5.64. The molecule has 1 atom stereocenters. The maximum atomic E-state index is 10.4. The third kappa shape index (κ3) is 3.59. The molecule has 5 heteroatoms. The van der Waals surface area contributed by atoms with Crippen LogP contribution in [-0.4, -0.2) is 29.0 Å². The number of nitrogens with zero attached hydrogens (tertiary/aromatic N) is 1. The Morgan fingerprint density at radius 1 is 1.44 bits per heavy atom. The van der Waals surface area contributed by atoms with Crippen LogP contribution < -0.4 is 5.32 Å². The molecule has 0 aliphatic carbocycles. The summed E-state index contributed by atoms with van der Waals surface area (Å²) in [6.07, 6.45) is -0.762. The summed E-state index contributed by atoms with van der Waals surface area (Å²) in [6, 6.07) is 8.27. The Kier molecular flexibility index (Phi) is 4.30. The van der Waals surface area contributed by atoms with Crippen molar-refractivity contribution in [2.24, 2.45) is 0 Å². The molecule has 0 spiro atoms. The fourth-order valence-corrected chi connectivity index (χ4v) is 1.34. The van der Waals surface area contributed by atoms with Crippen LogP contribution in [0.2, 0.25) is 0 Å². The van der Waals surface area contributed by atoms with E-state index in [1.807, 2.05) is 6.07 Å². The second kappa shape index (κ2) is 5.73. The van der Waals surface area contributed by atoms with E-state index in [1.165, 1.54) is 0 Å². The van der Waals surface area contributed by atoms with Crippen LogP contribution in [0.25, 0.3) is 0 Å². The number of nitrogens with one attached hydrogen (secondary N) is 1. The van der Waals surface area contributed by atoms with E-state index in [2.05, 4.69) is 5.32 Å². The number of amides is 1. The maximum absolute atomic E-state index is 10.4. The largest absolute Gasteiger partial charge is 0.465 e. The summed E-state index contributed by atoms with van der Waals surface area (Å²) >= 11 is 0. The minimum absolute atomic E-state index is 0.258. The molecule has 84 valence electrons. The van der Waals surface area contributed by atoms with Crippen LogP contribution in [0.5, 0.6) is 0 Å². The summed E-state index contributed by atoms with van der Waals surface area (Å²) < 4.78 is 0. The first-order valence-corrected chi connectivity index (χ1v) is 4.75. The Morgan fingerprint density at radius 3 is 2.50 bits per heavy atom. The molecule has 1 unspecified atom stereocenters. The van der Waals surface area contributed by atoms with Crippen LogP contribution in [0, 0.1) is 11.3 Å². The summed E-state index contributed by atoms with van der Waals surface area (Å²) in [6.45, 7) is -0.258. The molecule has 3 N–H and O–H groups in total. The molecule has 0 saturated heterocycles. The standard InChI is InChI=1S/C11H12N2O3/c12-6-9-3-1-8(2-4-9)5-10(7-14)13-11(15)16/h1-4,10,13-14H,5,7H2,(H,15,16). The van der Waals surface area contributed by atoms with Gasteiger partial charge in [-0.1, -0.05) is 12.1 Å². The third-order valence-corrected chi connectivity index (χ3v) is 2.11. The summed E-state index contributed by atoms with van der Waals surface area (Å²) in [5.41, 5.74) is 1.42. The van der Waals surface area contributed by atoms with Crippen molar-refractivity contribution in [3.8, 4) is 6.07 Å². The Labute approximate surface area is 92.9 Å². The van der Waals surface area contributed by atoms with E-state index in [4.69, 9.17) is 15.5 Å². The Hall–Kier alpha value is -2.06. The van der Waals surface area contributed by atoms with Gasteiger partial charge in [0.1, 0.15) is 0 Å². The Balaban J connectivity index is 2.63. The molecule has 1 rings (SSSR count). The lowest BCUT2D eigenvalue weighted by atomic mass is 10.1. The molecule has 0 fully saturated rings. The molecular weight excluding hydrogens is 208 g/mol. The van der Waals surface area contributed by atoms with Crippen LogP contribution in [0.1, 0.15) is 11.1 Å². The zero-order chi connectivity index (χ0) is 12.0. The SMILES string of the molecule is N#Cc1ccc(CC(CO)NC(=O)O)cc1. The minimum atomic E-state index is -1.16. The van der Waals surface area contributed by atoms with Crippen LogP contribution >= 0.6 is 0 Å². The highest BCUT2D eigenvalue weighted by Crippen LogP contribution is 2.06. The molecule has 1 aromatic rings. The number of aliphatic hydroxyl groups is 1. The van der Waals surface area contributed by atoms with Gasteiger partial charge in [-0.3, -0.25) is 0 Å². The first kappa shape index (κ1) is 12.0. The van der Waals surface area contributed by atoms with E-state index in [0.717, 1.165) is 5.56 Å². The summed E-state index contributed by atoms with van der Waals surface area (Å²) in [7, 11) is 0. The first-order valence-electron chi connectivity index (χ1n) is 4.75. The normalized spacial score (nSPS) is 11.5. The molecule has 1 amide bonds. The highest BCUT2D eigenvalue weighted by atomic mass is 16.4. The van der Waals surface area contributed by atoms with Crippen molar-refractivity contribution in [2.75, 3.05) is 6.61 Å². The monoisotopic (exact) mass is 220 g/mol. The molecule has 0 aliphatic rings. The Morgan fingerprint density at radius 2 is 2.06 bits per heavy atom. The average Bonchev–Trinajstić information content (AvgIpc) is 2.28. The van der Waals surface area contributed by atoms with Crippen LogP contribution in [-0.2, 0) is 6.42 Å². The maximum Gasteiger partial charge on any atom is 0.404 e. The van der Waals surface area contributed by atoms with Crippen molar-refractivity contribution in [1.29, 1.82) is 5.26 Å². The number of nitriles is 1. The molecular formula is C11H12N2O3. The molecule has 0 heterocycles. The molecule has 0 bridgehead atoms. The van der Waals surface area contributed by atoms with E-state index in [1.54, 1.807) is 24.3 Å². The van der Waals surface area contributed by atoms with Gasteiger partial charge in [0.05, 0.1) is 24.3 Å². The zero-order valence-corrected chi connectivity index (χ0v) is 8.55. The van der Waals surface area contributed by atoms with Gasteiger partial charge in [-0.05, 0) is 24.1 Å². The van der Waals surface area contributed by atoms with Crippen LogP contribution in [0.4, 0.5) is 4.79 Å².